The van der Waals surface area contributed by atoms with E-state index in [2.05, 4.69) is 157 Å². The highest BCUT2D eigenvalue weighted by Gasteiger charge is 2.13. The third-order valence-corrected chi connectivity index (χ3v) is 9.51. The van der Waals surface area contributed by atoms with Crippen LogP contribution in [-0.4, -0.2) is 4.57 Å². The normalized spacial score (nSPS) is 11.8. The third-order valence-electron chi connectivity index (χ3n) is 8.35. The first kappa shape index (κ1) is 24.9. The molecule has 0 atom stereocenters. The molecule has 0 saturated carbocycles. The molecule has 6 aromatic carbocycles. The molecule has 8 aromatic rings. The van der Waals surface area contributed by atoms with Gasteiger partial charge in [-0.1, -0.05) is 74.5 Å². The second-order valence-corrected chi connectivity index (χ2v) is 12.4. The van der Waals surface area contributed by atoms with Crippen LogP contribution >= 0.6 is 11.3 Å². The first-order chi connectivity index (χ1) is 20.6. The highest BCUT2D eigenvalue weighted by Crippen LogP contribution is 2.38. The van der Waals surface area contributed by atoms with E-state index in [0.29, 0.717) is 5.92 Å². The fourth-order valence-corrected chi connectivity index (χ4v) is 7.22. The molecule has 0 spiro atoms. The number of hydrogen-bond acceptors (Lipinski definition) is 2. The Morgan fingerprint density at radius 3 is 2.00 bits per heavy atom. The Hall–Kier alpha value is -4.86. The molecule has 0 fully saturated rings. The van der Waals surface area contributed by atoms with Gasteiger partial charge in [0.1, 0.15) is 0 Å². The van der Waals surface area contributed by atoms with Crippen molar-refractivity contribution in [2.24, 2.45) is 0 Å². The number of rotatable bonds is 5. The van der Waals surface area contributed by atoms with Crippen molar-refractivity contribution in [2.45, 2.75) is 19.8 Å². The van der Waals surface area contributed by atoms with Crippen LogP contribution in [0, 0.1) is 0 Å². The summed E-state index contributed by atoms with van der Waals surface area (Å²) < 4.78 is 5.04. The molecular formula is C39H30N2S. The van der Waals surface area contributed by atoms with E-state index in [1.54, 1.807) is 0 Å². The highest BCUT2D eigenvalue weighted by atomic mass is 32.1. The van der Waals surface area contributed by atoms with Crippen LogP contribution in [-0.2, 0) is 0 Å². The number of thiophene rings is 1. The summed E-state index contributed by atoms with van der Waals surface area (Å²) in [4.78, 5) is 0. The van der Waals surface area contributed by atoms with E-state index in [-0.39, 0.29) is 0 Å². The lowest BCUT2D eigenvalue weighted by molar-refractivity contribution is 0.869. The number of hydrogen-bond donors (Lipinski definition) is 1. The minimum absolute atomic E-state index is 0.521. The van der Waals surface area contributed by atoms with Gasteiger partial charge in [0.2, 0.25) is 0 Å². The quantitative estimate of drug-likeness (QED) is 0.222. The van der Waals surface area contributed by atoms with E-state index in [4.69, 9.17) is 0 Å². The van der Waals surface area contributed by atoms with Gasteiger partial charge in [0.15, 0.2) is 0 Å². The van der Waals surface area contributed by atoms with E-state index in [1.807, 2.05) is 11.3 Å². The van der Waals surface area contributed by atoms with Crippen LogP contribution in [0.5, 0.6) is 0 Å². The topological polar surface area (TPSA) is 17.0 Å². The van der Waals surface area contributed by atoms with Crippen molar-refractivity contribution in [1.82, 2.24) is 4.57 Å². The van der Waals surface area contributed by atoms with Gasteiger partial charge in [-0.05, 0) is 95.4 Å². The van der Waals surface area contributed by atoms with Gasteiger partial charge in [0.05, 0.1) is 11.0 Å². The van der Waals surface area contributed by atoms with Crippen LogP contribution in [0.3, 0.4) is 0 Å². The Kier molecular flexibility index (Phi) is 5.87. The highest BCUT2D eigenvalue weighted by molar-refractivity contribution is 7.25. The molecule has 2 nitrogen and oxygen atoms in total. The van der Waals surface area contributed by atoms with Crippen molar-refractivity contribution in [3.8, 4) is 16.8 Å². The average molecular weight is 559 g/mol. The Morgan fingerprint density at radius 1 is 0.524 bits per heavy atom. The maximum absolute atomic E-state index is 3.64. The Bertz CT molecular complexity index is 2240. The van der Waals surface area contributed by atoms with Crippen LogP contribution in [0.25, 0.3) is 58.8 Å². The van der Waals surface area contributed by atoms with Crippen LogP contribution in [0.1, 0.15) is 25.3 Å². The van der Waals surface area contributed by atoms with E-state index < -0.39 is 0 Å². The van der Waals surface area contributed by atoms with Gasteiger partial charge in [-0.15, -0.1) is 11.3 Å². The molecule has 0 saturated heterocycles. The molecule has 0 aliphatic heterocycles. The molecule has 0 unspecified atom stereocenters. The SMILES string of the molecule is CC(C)c1ccc2sc3ccc(Nc4ccc(-c5ccc6c(c5)c5ccccc5n6-c5ccccc5)cc4)cc3c2c1. The number of nitrogens with one attached hydrogen (secondary N) is 1. The van der Waals surface area contributed by atoms with E-state index >= 15 is 0 Å². The lowest BCUT2D eigenvalue weighted by Crippen LogP contribution is -1.92. The number of aromatic nitrogens is 1. The fraction of sp³-hybridized carbons (Fsp3) is 0.0769. The number of nitrogens with zero attached hydrogens (tertiary/aromatic N) is 1. The van der Waals surface area contributed by atoms with E-state index in [9.17, 15) is 0 Å². The molecule has 3 heteroatoms. The molecule has 2 heterocycles. The molecule has 0 aliphatic carbocycles. The standard InChI is InChI=1S/C39H30N2S/c1-25(2)27-15-20-38-34(22-27)35-24-30(18-21-39(35)42-38)40-29-16-12-26(13-17-29)28-14-19-37-33(23-28)32-10-6-7-11-36(32)41(37)31-8-4-3-5-9-31/h3-25,40H,1-2H3. The van der Waals surface area contributed by atoms with Crippen LogP contribution in [0.2, 0.25) is 0 Å². The van der Waals surface area contributed by atoms with Crippen molar-refractivity contribution in [2.75, 3.05) is 5.32 Å². The summed E-state index contributed by atoms with van der Waals surface area (Å²) in [6.45, 7) is 4.51. The molecule has 1 N–H and O–H groups in total. The summed E-state index contributed by atoms with van der Waals surface area (Å²) in [6, 6.07) is 48.6. The maximum atomic E-state index is 3.64. The largest absolute Gasteiger partial charge is 0.356 e. The zero-order valence-electron chi connectivity index (χ0n) is 23.6. The predicted octanol–water partition coefficient (Wildman–Crippen LogP) is 11.7. The van der Waals surface area contributed by atoms with Crippen LogP contribution in [0.15, 0.2) is 133 Å². The molecule has 0 aliphatic rings. The van der Waals surface area contributed by atoms with Crippen LogP contribution < -0.4 is 5.32 Å². The molecule has 42 heavy (non-hydrogen) atoms. The second-order valence-electron chi connectivity index (χ2n) is 11.3. The van der Waals surface area contributed by atoms with Crippen LogP contribution in [0.4, 0.5) is 11.4 Å². The molecule has 0 bridgehead atoms. The van der Waals surface area contributed by atoms with Crippen molar-refractivity contribution < 1.29 is 0 Å². The van der Waals surface area contributed by atoms with Gasteiger partial charge in [-0.3, -0.25) is 0 Å². The molecule has 2 aromatic heterocycles. The van der Waals surface area contributed by atoms with Gasteiger partial charge in [0, 0.05) is 48.0 Å². The maximum Gasteiger partial charge on any atom is 0.0541 e. The number of fused-ring (bicyclic) bond motifs is 6. The zero-order chi connectivity index (χ0) is 28.2. The summed E-state index contributed by atoms with van der Waals surface area (Å²) >= 11 is 1.87. The Labute approximate surface area is 249 Å². The predicted molar refractivity (Wildman–Crippen MR) is 183 cm³/mol. The van der Waals surface area contributed by atoms with Crippen molar-refractivity contribution in [1.29, 1.82) is 0 Å². The summed E-state index contributed by atoms with van der Waals surface area (Å²) in [5, 5.41) is 8.86. The lowest BCUT2D eigenvalue weighted by Gasteiger charge is -2.10. The summed E-state index contributed by atoms with van der Waals surface area (Å²) in [5.74, 6) is 0.521. The third kappa shape index (κ3) is 4.17. The Balaban J connectivity index is 1.12. The van der Waals surface area contributed by atoms with Gasteiger partial charge in [-0.25, -0.2) is 0 Å². The van der Waals surface area contributed by atoms with E-state index in [0.717, 1.165) is 11.4 Å². The molecule has 0 radical (unpaired) electrons. The van der Waals surface area contributed by atoms with E-state index in [1.165, 1.54) is 64.4 Å². The second kappa shape index (κ2) is 9.90. The Morgan fingerprint density at radius 2 is 1.19 bits per heavy atom. The number of para-hydroxylation sites is 2. The van der Waals surface area contributed by atoms with Gasteiger partial charge < -0.3 is 9.88 Å². The van der Waals surface area contributed by atoms with Gasteiger partial charge >= 0.3 is 0 Å². The minimum Gasteiger partial charge on any atom is -0.356 e. The summed E-state index contributed by atoms with van der Waals surface area (Å²) in [6.07, 6.45) is 0. The lowest BCUT2D eigenvalue weighted by atomic mass is 10.0. The summed E-state index contributed by atoms with van der Waals surface area (Å²) in [7, 11) is 0. The first-order valence-electron chi connectivity index (χ1n) is 14.5. The first-order valence-corrected chi connectivity index (χ1v) is 15.4. The number of anilines is 2. The molecular weight excluding hydrogens is 529 g/mol. The monoisotopic (exact) mass is 558 g/mol. The molecule has 8 rings (SSSR count). The van der Waals surface area contributed by atoms with Gasteiger partial charge in [-0.2, -0.15) is 0 Å². The van der Waals surface area contributed by atoms with Crippen molar-refractivity contribution in [3.05, 3.63) is 139 Å². The van der Waals surface area contributed by atoms with Crippen molar-refractivity contribution >= 4 is 64.7 Å². The van der Waals surface area contributed by atoms with Gasteiger partial charge in [0.25, 0.3) is 0 Å². The smallest absolute Gasteiger partial charge is 0.0541 e. The van der Waals surface area contributed by atoms with Crippen molar-refractivity contribution in [3.63, 3.8) is 0 Å². The molecule has 0 amide bonds. The number of benzene rings is 6. The average Bonchev–Trinajstić information content (AvgIpc) is 3.56. The zero-order valence-corrected chi connectivity index (χ0v) is 24.5. The summed E-state index contributed by atoms with van der Waals surface area (Å²) in [5.41, 5.74) is 9.64. The fourth-order valence-electron chi connectivity index (χ4n) is 6.15. The molecule has 202 valence electrons. The minimum atomic E-state index is 0.521.